The first-order valence-corrected chi connectivity index (χ1v) is 10.2. The van der Waals surface area contributed by atoms with Crippen molar-refractivity contribution in [1.29, 1.82) is 0 Å². The molecule has 4 nitrogen and oxygen atoms in total. The first-order chi connectivity index (χ1) is 14.7. The molecule has 0 unspecified atom stereocenters. The molecule has 0 aromatic heterocycles. The van der Waals surface area contributed by atoms with E-state index < -0.39 is 0 Å². The van der Waals surface area contributed by atoms with Crippen LogP contribution >= 0.6 is 0 Å². The lowest BCUT2D eigenvalue weighted by molar-refractivity contribution is -0.0494. The van der Waals surface area contributed by atoms with Crippen molar-refractivity contribution in [1.82, 2.24) is 4.90 Å². The third-order valence-electron chi connectivity index (χ3n) is 6.40. The summed E-state index contributed by atoms with van der Waals surface area (Å²) in [4.78, 5) is 17.3. The predicted molar refractivity (Wildman–Crippen MR) is 114 cm³/mol. The Kier molecular flexibility index (Phi) is 4.85. The largest absolute Gasteiger partial charge is 0.395 e. The Labute approximate surface area is 175 Å². The van der Waals surface area contributed by atoms with Gasteiger partial charge in [-0.05, 0) is 29.8 Å². The van der Waals surface area contributed by atoms with Crippen molar-refractivity contribution >= 4 is 11.6 Å². The molecule has 0 radical (unpaired) electrons. The number of aliphatic hydroxyl groups is 1. The number of carbonyl (C=O) groups excluding carboxylic acids is 1. The first-order valence-electron chi connectivity index (χ1n) is 10.2. The molecule has 3 aromatic rings. The Morgan fingerprint density at radius 2 is 1.67 bits per heavy atom. The van der Waals surface area contributed by atoms with Crippen LogP contribution in [0.1, 0.15) is 27.4 Å². The van der Waals surface area contributed by atoms with Crippen LogP contribution in [0.5, 0.6) is 0 Å². The number of rotatable bonds is 4. The molecule has 3 aromatic carbocycles. The molecule has 30 heavy (non-hydrogen) atoms. The fraction of sp³-hybridized carbons (Fsp3) is 0.240. The maximum Gasteiger partial charge on any atom is 0.258 e. The second kappa shape index (κ2) is 7.67. The molecule has 0 saturated carbocycles. The third kappa shape index (κ3) is 3.02. The summed E-state index contributed by atoms with van der Waals surface area (Å²) in [5, 5.41) is 10.1. The number of aliphatic hydroxyl groups excluding tert-OH is 1. The predicted octanol–water partition coefficient (Wildman–Crippen LogP) is 3.82. The highest BCUT2D eigenvalue weighted by Crippen LogP contribution is 2.49. The molecule has 1 N–H and O–H groups in total. The number of anilines is 1. The monoisotopic (exact) mass is 402 g/mol. The van der Waals surface area contributed by atoms with Crippen LogP contribution in [0, 0.1) is 5.82 Å². The minimum Gasteiger partial charge on any atom is -0.395 e. The van der Waals surface area contributed by atoms with Crippen LogP contribution in [0.3, 0.4) is 0 Å². The number of likely N-dealkylation sites (tertiary alicyclic amines) is 1. The molecular formula is C25H23FN2O2. The van der Waals surface area contributed by atoms with Gasteiger partial charge in [-0.2, -0.15) is 0 Å². The van der Waals surface area contributed by atoms with Crippen LogP contribution in [-0.4, -0.2) is 41.1 Å². The van der Waals surface area contributed by atoms with Crippen molar-refractivity contribution in [3.8, 4) is 0 Å². The van der Waals surface area contributed by atoms with Gasteiger partial charge >= 0.3 is 0 Å². The molecule has 0 bridgehead atoms. The van der Waals surface area contributed by atoms with E-state index in [1.807, 2.05) is 65.6 Å². The molecule has 2 heterocycles. The average molecular weight is 402 g/mol. The maximum absolute atomic E-state index is 14.3. The van der Waals surface area contributed by atoms with Crippen LogP contribution in [-0.2, 0) is 6.54 Å². The van der Waals surface area contributed by atoms with Crippen molar-refractivity contribution < 1.29 is 14.3 Å². The standard InChI is InChI=1S/C25H23FN2O2/c26-20-12-6-4-10-18(20)14-27-22-15-28(25(30)17-8-2-1-3-9-17)21-13-7-5-11-19(21)24(22)23(27)16-29/h1-13,22-24,29H,14-16H2/t22-,23+,24+/m0/s1. The van der Waals surface area contributed by atoms with Crippen LogP contribution < -0.4 is 4.90 Å². The number of hydrogen-bond donors (Lipinski definition) is 1. The van der Waals surface area contributed by atoms with Crippen molar-refractivity contribution in [2.24, 2.45) is 0 Å². The number of nitrogens with zero attached hydrogens (tertiary/aromatic N) is 2. The SMILES string of the molecule is O=C(c1ccccc1)N1C[C@H]2[C@@H](c3ccccc31)[C@@H](CO)N2Cc1ccccc1F. The van der Waals surface area contributed by atoms with Gasteiger partial charge in [0, 0.05) is 47.9 Å². The number of hydrogen-bond acceptors (Lipinski definition) is 3. The number of fused-ring (bicyclic) bond motifs is 3. The quantitative estimate of drug-likeness (QED) is 0.722. The number of amides is 1. The topological polar surface area (TPSA) is 43.8 Å². The van der Waals surface area contributed by atoms with Gasteiger partial charge in [0.05, 0.1) is 6.61 Å². The Bertz CT molecular complexity index is 1070. The van der Waals surface area contributed by atoms with Crippen molar-refractivity contribution in [2.75, 3.05) is 18.1 Å². The second-order valence-corrected chi connectivity index (χ2v) is 7.95. The zero-order chi connectivity index (χ0) is 20.7. The van der Waals surface area contributed by atoms with Gasteiger partial charge in [-0.3, -0.25) is 9.69 Å². The van der Waals surface area contributed by atoms with Gasteiger partial charge in [0.1, 0.15) is 5.82 Å². The second-order valence-electron chi connectivity index (χ2n) is 7.95. The van der Waals surface area contributed by atoms with Crippen molar-refractivity contribution in [3.05, 3.63) is 101 Å². The number of halogens is 1. The number of para-hydroxylation sites is 1. The van der Waals surface area contributed by atoms with Gasteiger partial charge in [-0.1, -0.05) is 54.6 Å². The Morgan fingerprint density at radius 1 is 0.967 bits per heavy atom. The minimum atomic E-state index is -0.244. The highest BCUT2D eigenvalue weighted by molar-refractivity contribution is 6.07. The van der Waals surface area contributed by atoms with E-state index in [-0.39, 0.29) is 36.3 Å². The summed E-state index contributed by atoms with van der Waals surface area (Å²) in [7, 11) is 0. The molecule has 0 spiro atoms. The molecule has 1 fully saturated rings. The number of benzene rings is 3. The van der Waals surface area contributed by atoms with Crippen molar-refractivity contribution in [2.45, 2.75) is 24.5 Å². The van der Waals surface area contributed by atoms with E-state index in [4.69, 9.17) is 0 Å². The lowest BCUT2D eigenvalue weighted by Gasteiger charge is -2.59. The zero-order valence-electron chi connectivity index (χ0n) is 16.5. The first kappa shape index (κ1) is 19.0. The Morgan fingerprint density at radius 3 is 2.43 bits per heavy atom. The zero-order valence-corrected chi connectivity index (χ0v) is 16.5. The van der Waals surface area contributed by atoms with E-state index >= 15 is 0 Å². The fourth-order valence-corrected chi connectivity index (χ4v) is 4.95. The minimum absolute atomic E-state index is 0.00339. The molecule has 3 atom stereocenters. The fourth-order valence-electron chi connectivity index (χ4n) is 4.95. The number of carbonyl (C=O) groups is 1. The smallest absolute Gasteiger partial charge is 0.258 e. The summed E-state index contributed by atoms with van der Waals surface area (Å²) < 4.78 is 14.3. The highest BCUT2D eigenvalue weighted by Gasteiger charge is 2.53. The van der Waals surface area contributed by atoms with Crippen LogP contribution in [0.15, 0.2) is 78.9 Å². The summed E-state index contributed by atoms with van der Waals surface area (Å²) in [5.41, 5.74) is 3.22. The molecule has 1 saturated heterocycles. The van der Waals surface area contributed by atoms with E-state index in [1.165, 1.54) is 6.07 Å². The van der Waals surface area contributed by atoms with E-state index in [2.05, 4.69) is 4.90 Å². The van der Waals surface area contributed by atoms with Gasteiger partial charge in [0.25, 0.3) is 5.91 Å². The lowest BCUT2D eigenvalue weighted by atomic mass is 9.71. The molecule has 5 rings (SSSR count). The summed E-state index contributed by atoms with van der Waals surface area (Å²) in [5.74, 6) is -0.163. The summed E-state index contributed by atoms with van der Waals surface area (Å²) in [6.07, 6.45) is 0. The molecule has 5 heteroatoms. The average Bonchev–Trinajstić information content (AvgIpc) is 2.78. The van der Waals surface area contributed by atoms with Gasteiger partial charge in [-0.15, -0.1) is 0 Å². The maximum atomic E-state index is 14.3. The van der Waals surface area contributed by atoms with Crippen molar-refractivity contribution in [3.63, 3.8) is 0 Å². The molecule has 1 amide bonds. The summed E-state index contributed by atoms with van der Waals surface area (Å²) in [6, 6.07) is 23.9. The van der Waals surface area contributed by atoms with E-state index in [9.17, 15) is 14.3 Å². The normalized spacial score (nSPS) is 22.7. The van der Waals surface area contributed by atoms with E-state index in [0.717, 1.165) is 11.3 Å². The van der Waals surface area contributed by atoms with Gasteiger partial charge < -0.3 is 10.0 Å². The molecule has 2 aliphatic rings. The summed E-state index contributed by atoms with van der Waals surface area (Å²) in [6.45, 7) is 0.922. The lowest BCUT2D eigenvalue weighted by Crippen LogP contribution is -2.68. The van der Waals surface area contributed by atoms with Gasteiger partial charge in [0.15, 0.2) is 0 Å². The summed E-state index contributed by atoms with van der Waals surface area (Å²) >= 11 is 0. The van der Waals surface area contributed by atoms with Crippen LogP contribution in [0.25, 0.3) is 0 Å². The Balaban J connectivity index is 1.50. The highest BCUT2D eigenvalue weighted by atomic mass is 19.1. The van der Waals surface area contributed by atoms with Gasteiger partial charge in [-0.25, -0.2) is 4.39 Å². The Hall–Kier alpha value is -3.02. The molecule has 0 aliphatic carbocycles. The third-order valence-corrected chi connectivity index (χ3v) is 6.40. The molecule has 2 aliphatic heterocycles. The van der Waals surface area contributed by atoms with Crippen LogP contribution in [0.2, 0.25) is 0 Å². The van der Waals surface area contributed by atoms with E-state index in [0.29, 0.717) is 24.2 Å². The van der Waals surface area contributed by atoms with Gasteiger partial charge in [0.2, 0.25) is 0 Å². The van der Waals surface area contributed by atoms with Crippen LogP contribution in [0.4, 0.5) is 10.1 Å². The molecular weight excluding hydrogens is 379 g/mol. The molecule has 152 valence electrons. The van der Waals surface area contributed by atoms with E-state index in [1.54, 1.807) is 12.1 Å².